The van der Waals surface area contributed by atoms with E-state index in [2.05, 4.69) is 41.1 Å². The molecule has 0 saturated heterocycles. The van der Waals surface area contributed by atoms with Crippen LogP contribution in [-0.2, 0) is 6.42 Å². The Hall–Kier alpha value is -0.540. The van der Waals surface area contributed by atoms with Gasteiger partial charge in [-0.15, -0.1) is 0 Å². The van der Waals surface area contributed by atoms with Gasteiger partial charge in [0.25, 0.3) is 0 Å². The molecule has 0 heterocycles. The molecule has 100 valence electrons. The van der Waals surface area contributed by atoms with E-state index >= 15 is 0 Å². The smallest absolute Gasteiger partial charge is 0.133 e. The van der Waals surface area contributed by atoms with Crippen molar-refractivity contribution in [3.8, 4) is 5.75 Å². The van der Waals surface area contributed by atoms with Crippen LogP contribution in [0.25, 0.3) is 0 Å². The summed E-state index contributed by atoms with van der Waals surface area (Å²) in [6.45, 7) is 2.95. The van der Waals surface area contributed by atoms with E-state index in [4.69, 9.17) is 10.5 Å². The first kappa shape index (κ1) is 13.9. The van der Waals surface area contributed by atoms with E-state index in [1.165, 1.54) is 24.8 Å². The van der Waals surface area contributed by atoms with E-state index in [1.807, 2.05) is 0 Å². The van der Waals surface area contributed by atoms with Crippen molar-refractivity contribution in [3.63, 3.8) is 0 Å². The Bertz CT molecular complexity index is 390. The number of ether oxygens (including phenoxy) is 1. The van der Waals surface area contributed by atoms with Crippen molar-refractivity contribution in [1.29, 1.82) is 0 Å². The number of nitrogens with two attached hydrogens (primary N) is 1. The molecule has 1 aliphatic rings. The van der Waals surface area contributed by atoms with Gasteiger partial charge in [0.2, 0.25) is 0 Å². The van der Waals surface area contributed by atoms with Crippen molar-refractivity contribution < 1.29 is 4.74 Å². The van der Waals surface area contributed by atoms with Gasteiger partial charge in [-0.05, 0) is 58.8 Å². The van der Waals surface area contributed by atoms with Gasteiger partial charge in [-0.2, -0.15) is 0 Å². The van der Waals surface area contributed by atoms with E-state index < -0.39 is 0 Å². The molecular weight excluding hydrogens is 290 g/mol. The molecule has 0 aromatic heterocycles. The molecule has 0 radical (unpaired) electrons. The van der Waals surface area contributed by atoms with Crippen LogP contribution in [0.5, 0.6) is 5.75 Å². The minimum Gasteiger partial charge on any atom is -0.492 e. The van der Waals surface area contributed by atoms with Crippen molar-refractivity contribution >= 4 is 15.9 Å². The highest BCUT2D eigenvalue weighted by Gasteiger charge is 2.20. The van der Waals surface area contributed by atoms with Crippen LogP contribution >= 0.6 is 15.9 Å². The van der Waals surface area contributed by atoms with Gasteiger partial charge in [0.15, 0.2) is 0 Å². The molecule has 1 unspecified atom stereocenters. The fourth-order valence-corrected chi connectivity index (χ4v) is 2.52. The molecule has 1 aliphatic carbocycles. The van der Waals surface area contributed by atoms with E-state index in [0.29, 0.717) is 0 Å². The summed E-state index contributed by atoms with van der Waals surface area (Å²) in [5.74, 6) is 1.87. The van der Waals surface area contributed by atoms with Crippen molar-refractivity contribution in [2.75, 3.05) is 6.61 Å². The molecule has 2 rings (SSSR count). The fourth-order valence-electron chi connectivity index (χ4n) is 1.98. The van der Waals surface area contributed by atoms with Gasteiger partial charge in [0, 0.05) is 6.04 Å². The van der Waals surface area contributed by atoms with Gasteiger partial charge < -0.3 is 10.5 Å². The SMILES string of the molecule is CCC(N)Cc1ccc(OCCC2CC2)c(Br)c1. The Kier molecular flexibility index (Phi) is 5.07. The van der Waals surface area contributed by atoms with Crippen LogP contribution in [0.4, 0.5) is 0 Å². The minimum absolute atomic E-state index is 0.249. The zero-order valence-electron chi connectivity index (χ0n) is 11.0. The summed E-state index contributed by atoms with van der Waals surface area (Å²) in [5, 5.41) is 0. The summed E-state index contributed by atoms with van der Waals surface area (Å²) in [6.07, 6.45) is 5.90. The molecule has 0 aliphatic heterocycles. The van der Waals surface area contributed by atoms with Gasteiger partial charge in [-0.3, -0.25) is 0 Å². The van der Waals surface area contributed by atoms with E-state index in [-0.39, 0.29) is 6.04 Å². The predicted octanol–water partition coefficient (Wildman–Crippen LogP) is 3.91. The average molecular weight is 312 g/mol. The molecule has 1 aromatic carbocycles. The number of hydrogen-bond donors (Lipinski definition) is 1. The normalized spacial score (nSPS) is 16.6. The molecule has 18 heavy (non-hydrogen) atoms. The van der Waals surface area contributed by atoms with E-state index in [1.54, 1.807) is 0 Å². The zero-order chi connectivity index (χ0) is 13.0. The molecule has 0 amide bonds. The van der Waals surface area contributed by atoms with Crippen LogP contribution in [-0.4, -0.2) is 12.6 Å². The Labute approximate surface area is 118 Å². The minimum atomic E-state index is 0.249. The van der Waals surface area contributed by atoms with Gasteiger partial charge in [0.05, 0.1) is 11.1 Å². The summed E-state index contributed by atoms with van der Waals surface area (Å²) < 4.78 is 6.84. The molecule has 0 spiro atoms. The van der Waals surface area contributed by atoms with Crippen LogP contribution in [0.15, 0.2) is 22.7 Å². The molecule has 1 aromatic rings. The van der Waals surface area contributed by atoms with Gasteiger partial charge in [-0.25, -0.2) is 0 Å². The van der Waals surface area contributed by atoms with Crippen LogP contribution in [0, 0.1) is 5.92 Å². The van der Waals surface area contributed by atoms with Crippen LogP contribution < -0.4 is 10.5 Å². The van der Waals surface area contributed by atoms with E-state index in [9.17, 15) is 0 Å². The molecule has 2 nitrogen and oxygen atoms in total. The molecule has 1 saturated carbocycles. The maximum absolute atomic E-state index is 5.97. The van der Waals surface area contributed by atoms with Gasteiger partial charge in [0.1, 0.15) is 5.75 Å². The lowest BCUT2D eigenvalue weighted by molar-refractivity contribution is 0.300. The average Bonchev–Trinajstić information content (AvgIpc) is 3.16. The lowest BCUT2D eigenvalue weighted by Gasteiger charge is -2.12. The lowest BCUT2D eigenvalue weighted by Crippen LogP contribution is -2.21. The Morgan fingerprint density at radius 2 is 2.22 bits per heavy atom. The first-order chi connectivity index (χ1) is 8.69. The monoisotopic (exact) mass is 311 g/mol. The third-order valence-corrected chi connectivity index (χ3v) is 4.12. The second-order valence-electron chi connectivity index (χ2n) is 5.22. The second kappa shape index (κ2) is 6.58. The quantitative estimate of drug-likeness (QED) is 0.828. The molecule has 1 atom stereocenters. The van der Waals surface area contributed by atoms with Crippen molar-refractivity contribution in [3.05, 3.63) is 28.2 Å². The van der Waals surface area contributed by atoms with Crippen LogP contribution in [0.1, 0.15) is 38.2 Å². The number of halogens is 1. The lowest BCUT2D eigenvalue weighted by atomic mass is 10.0. The molecule has 2 N–H and O–H groups in total. The summed E-state index contributed by atoms with van der Waals surface area (Å²) in [5.41, 5.74) is 7.24. The Morgan fingerprint density at radius 3 is 2.83 bits per heavy atom. The summed E-state index contributed by atoms with van der Waals surface area (Å²) >= 11 is 3.58. The topological polar surface area (TPSA) is 35.2 Å². The van der Waals surface area contributed by atoms with Crippen molar-refractivity contribution in [1.82, 2.24) is 0 Å². The third-order valence-electron chi connectivity index (χ3n) is 3.50. The number of hydrogen-bond acceptors (Lipinski definition) is 2. The Balaban J connectivity index is 1.87. The van der Waals surface area contributed by atoms with Crippen LogP contribution in [0.3, 0.4) is 0 Å². The summed E-state index contributed by atoms with van der Waals surface area (Å²) in [4.78, 5) is 0. The first-order valence-corrected chi connectivity index (χ1v) is 7.65. The van der Waals surface area contributed by atoms with Crippen molar-refractivity contribution in [2.24, 2.45) is 11.7 Å². The van der Waals surface area contributed by atoms with Gasteiger partial charge in [-0.1, -0.05) is 25.8 Å². The number of rotatable bonds is 7. The second-order valence-corrected chi connectivity index (χ2v) is 6.07. The highest BCUT2D eigenvalue weighted by Crippen LogP contribution is 2.33. The zero-order valence-corrected chi connectivity index (χ0v) is 12.6. The Morgan fingerprint density at radius 1 is 1.44 bits per heavy atom. The third kappa shape index (κ3) is 4.29. The largest absolute Gasteiger partial charge is 0.492 e. The maximum atomic E-state index is 5.97. The molecular formula is C15H22BrNO. The van der Waals surface area contributed by atoms with Crippen molar-refractivity contribution in [2.45, 2.75) is 45.1 Å². The fraction of sp³-hybridized carbons (Fsp3) is 0.600. The maximum Gasteiger partial charge on any atom is 0.133 e. The highest BCUT2D eigenvalue weighted by molar-refractivity contribution is 9.10. The molecule has 1 fully saturated rings. The number of benzene rings is 1. The molecule has 0 bridgehead atoms. The first-order valence-electron chi connectivity index (χ1n) is 6.86. The standard InChI is InChI=1S/C15H22BrNO/c1-2-13(17)9-12-5-6-15(14(16)10-12)18-8-7-11-3-4-11/h5-6,10-11,13H,2-4,7-9,17H2,1H3. The highest BCUT2D eigenvalue weighted by atomic mass is 79.9. The van der Waals surface area contributed by atoms with Gasteiger partial charge >= 0.3 is 0 Å². The summed E-state index contributed by atoms with van der Waals surface area (Å²) in [7, 11) is 0. The van der Waals surface area contributed by atoms with Crippen LogP contribution in [0.2, 0.25) is 0 Å². The predicted molar refractivity (Wildman–Crippen MR) is 78.9 cm³/mol. The summed E-state index contributed by atoms with van der Waals surface area (Å²) in [6, 6.07) is 6.54. The molecule has 3 heteroatoms. The van der Waals surface area contributed by atoms with E-state index in [0.717, 1.165) is 35.6 Å².